The number of thiol groups is 1. The van der Waals surface area contributed by atoms with Crippen molar-refractivity contribution in [2.45, 2.75) is 13.1 Å². The van der Waals surface area contributed by atoms with Crippen molar-refractivity contribution in [1.82, 2.24) is 9.62 Å². The second kappa shape index (κ2) is 6.85. The molecule has 0 fully saturated rings. The van der Waals surface area contributed by atoms with Crippen LogP contribution in [0.3, 0.4) is 0 Å². The molecule has 3 nitrogen and oxygen atoms in total. The highest BCUT2D eigenvalue weighted by molar-refractivity contribution is 7.78. The molecule has 0 aliphatic heterocycles. The molecule has 1 N–H and O–H groups in total. The third-order valence-electron chi connectivity index (χ3n) is 2.70. The summed E-state index contributed by atoms with van der Waals surface area (Å²) in [7, 11) is 0. The van der Waals surface area contributed by atoms with Crippen molar-refractivity contribution in [3.63, 3.8) is 0 Å². The number of hydrogen-bond acceptors (Lipinski definition) is 2. The highest BCUT2D eigenvalue weighted by Crippen LogP contribution is 2.07. The number of urea groups is 1. The van der Waals surface area contributed by atoms with E-state index < -0.39 is 0 Å². The molecule has 0 bridgehead atoms. The molecule has 0 atom stereocenters. The molecule has 0 radical (unpaired) electrons. The molecule has 2 aromatic rings. The lowest BCUT2D eigenvalue weighted by atomic mass is 10.2. The Balaban J connectivity index is 1.83. The van der Waals surface area contributed by atoms with Gasteiger partial charge in [0.1, 0.15) is 0 Å². The molecule has 0 aromatic heterocycles. The Bertz CT molecular complexity index is 516. The summed E-state index contributed by atoms with van der Waals surface area (Å²) in [5, 5.41) is 2.83. The zero-order valence-corrected chi connectivity index (χ0v) is 11.4. The standard InChI is InChI=1S/C15H16N2OS/c18-15(16-11-13-7-3-1-4-8-13)17(19)12-14-9-5-2-6-10-14/h1-10,19H,11-12H2,(H,16,18). The average Bonchev–Trinajstić information content (AvgIpc) is 2.47. The second-order valence-electron chi connectivity index (χ2n) is 4.19. The van der Waals surface area contributed by atoms with Gasteiger partial charge in [0, 0.05) is 6.54 Å². The molecule has 0 spiro atoms. The summed E-state index contributed by atoms with van der Waals surface area (Å²) >= 11 is 4.20. The third kappa shape index (κ3) is 4.34. The van der Waals surface area contributed by atoms with Crippen molar-refractivity contribution in [3.8, 4) is 0 Å². The topological polar surface area (TPSA) is 32.3 Å². The Labute approximate surface area is 118 Å². The number of hydrogen-bond donors (Lipinski definition) is 2. The second-order valence-corrected chi connectivity index (χ2v) is 4.67. The van der Waals surface area contributed by atoms with Crippen molar-refractivity contribution in [2.75, 3.05) is 0 Å². The smallest absolute Gasteiger partial charge is 0.327 e. The normalized spacial score (nSPS) is 9.95. The van der Waals surface area contributed by atoms with Gasteiger partial charge in [0.05, 0.1) is 6.54 Å². The predicted octanol–water partition coefficient (Wildman–Crippen LogP) is 3.24. The zero-order chi connectivity index (χ0) is 13.5. The van der Waals surface area contributed by atoms with Gasteiger partial charge in [-0.1, -0.05) is 73.5 Å². The molecule has 0 aliphatic rings. The Morgan fingerprint density at radius 2 is 1.47 bits per heavy atom. The number of amides is 2. The van der Waals surface area contributed by atoms with Gasteiger partial charge >= 0.3 is 6.03 Å². The summed E-state index contributed by atoms with van der Waals surface area (Å²) in [4.78, 5) is 11.9. The lowest BCUT2D eigenvalue weighted by Gasteiger charge is -2.16. The van der Waals surface area contributed by atoms with E-state index in [-0.39, 0.29) is 6.03 Å². The van der Waals surface area contributed by atoms with Gasteiger partial charge in [0.25, 0.3) is 0 Å². The van der Waals surface area contributed by atoms with Crippen molar-refractivity contribution in [2.24, 2.45) is 0 Å². The fourth-order valence-electron chi connectivity index (χ4n) is 1.69. The van der Waals surface area contributed by atoms with E-state index in [1.807, 2.05) is 60.7 Å². The molecule has 2 aromatic carbocycles. The summed E-state index contributed by atoms with van der Waals surface area (Å²) in [6.07, 6.45) is 0. The largest absolute Gasteiger partial charge is 0.333 e. The van der Waals surface area contributed by atoms with E-state index in [4.69, 9.17) is 0 Å². The molecule has 2 amide bonds. The van der Waals surface area contributed by atoms with E-state index in [2.05, 4.69) is 18.1 Å². The van der Waals surface area contributed by atoms with Crippen LogP contribution in [0.2, 0.25) is 0 Å². The number of nitrogens with zero attached hydrogens (tertiary/aromatic N) is 1. The van der Waals surface area contributed by atoms with Crippen LogP contribution in [0.1, 0.15) is 11.1 Å². The fourth-order valence-corrected chi connectivity index (χ4v) is 1.93. The minimum absolute atomic E-state index is 0.198. The van der Waals surface area contributed by atoms with Crippen LogP contribution in [-0.4, -0.2) is 10.3 Å². The van der Waals surface area contributed by atoms with Gasteiger partial charge in [-0.05, 0) is 11.1 Å². The van der Waals surface area contributed by atoms with Gasteiger partial charge in [-0.3, -0.25) is 4.31 Å². The van der Waals surface area contributed by atoms with Crippen molar-refractivity contribution in [1.29, 1.82) is 0 Å². The summed E-state index contributed by atoms with van der Waals surface area (Å²) < 4.78 is 1.37. The molecule has 0 unspecified atom stereocenters. The van der Waals surface area contributed by atoms with Crippen LogP contribution in [0.4, 0.5) is 4.79 Å². The first-order valence-corrected chi connectivity index (χ1v) is 6.48. The lowest BCUT2D eigenvalue weighted by molar-refractivity contribution is 0.225. The van der Waals surface area contributed by atoms with Crippen LogP contribution in [0, 0.1) is 0 Å². The Morgan fingerprint density at radius 1 is 0.947 bits per heavy atom. The molecule has 98 valence electrons. The maximum absolute atomic E-state index is 11.9. The Hall–Kier alpha value is -1.94. The predicted molar refractivity (Wildman–Crippen MR) is 79.6 cm³/mol. The summed E-state index contributed by atoms with van der Waals surface area (Å²) in [5.41, 5.74) is 2.12. The van der Waals surface area contributed by atoms with E-state index in [9.17, 15) is 4.79 Å². The van der Waals surface area contributed by atoms with Crippen molar-refractivity contribution in [3.05, 3.63) is 71.8 Å². The highest BCUT2D eigenvalue weighted by Gasteiger charge is 2.09. The molecule has 19 heavy (non-hydrogen) atoms. The molecule has 0 saturated carbocycles. The molecular weight excluding hydrogens is 256 g/mol. The van der Waals surface area contributed by atoms with E-state index >= 15 is 0 Å². The SMILES string of the molecule is O=C(NCc1ccccc1)N(S)Cc1ccccc1. The van der Waals surface area contributed by atoms with E-state index in [0.717, 1.165) is 11.1 Å². The molecular formula is C15H16N2OS. The van der Waals surface area contributed by atoms with Crippen molar-refractivity contribution >= 4 is 18.8 Å². The van der Waals surface area contributed by atoms with Gasteiger partial charge < -0.3 is 5.32 Å². The van der Waals surface area contributed by atoms with E-state index in [0.29, 0.717) is 13.1 Å². The number of benzene rings is 2. The molecule has 4 heteroatoms. The first kappa shape index (κ1) is 13.5. The van der Waals surface area contributed by atoms with Crippen LogP contribution >= 0.6 is 12.8 Å². The number of carbonyl (C=O) groups is 1. The zero-order valence-electron chi connectivity index (χ0n) is 10.5. The average molecular weight is 272 g/mol. The fraction of sp³-hybridized carbons (Fsp3) is 0.133. The minimum atomic E-state index is -0.198. The maximum atomic E-state index is 11.9. The quantitative estimate of drug-likeness (QED) is 0.823. The van der Waals surface area contributed by atoms with Gasteiger partial charge in [-0.2, -0.15) is 0 Å². The van der Waals surface area contributed by atoms with Gasteiger partial charge in [-0.25, -0.2) is 4.79 Å². The Morgan fingerprint density at radius 3 is 2.05 bits per heavy atom. The Kier molecular flexibility index (Phi) is 4.86. The summed E-state index contributed by atoms with van der Waals surface area (Å²) in [5.74, 6) is 0. The van der Waals surface area contributed by atoms with Crippen LogP contribution < -0.4 is 5.32 Å². The van der Waals surface area contributed by atoms with Crippen LogP contribution in [0.15, 0.2) is 60.7 Å². The first-order valence-electron chi connectivity index (χ1n) is 6.08. The van der Waals surface area contributed by atoms with Crippen LogP contribution in [0.5, 0.6) is 0 Å². The number of nitrogens with one attached hydrogen (secondary N) is 1. The van der Waals surface area contributed by atoms with Crippen molar-refractivity contribution < 1.29 is 4.79 Å². The lowest BCUT2D eigenvalue weighted by Crippen LogP contribution is -2.33. The molecule has 0 heterocycles. The van der Waals surface area contributed by atoms with Gasteiger partial charge in [0.15, 0.2) is 0 Å². The first-order chi connectivity index (χ1) is 9.25. The van der Waals surface area contributed by atoms with E-state index in [1.165, 1.54) is 4.31 Å². The number of carbonyl (C=O) groups excluding carboxylic acids is 1. The van der Waals surface area contributed by atoms with Gasteiger partial charge in [0.2, 0.25) is 0 Å². The van der Waals surface area contributed by atoms with Gasteiger partial charge in [-0.15, -0.1) is 0 Å². The number of rotatable bonds is 4. The van der Waals surface area contributed by atoms with Crippen LogP contribution in [0.25, 0.3) is 0 Å². The molecule has 0 aliphatic carbocycles. The third-order valence-corrected chi connectivity index (χ3v) is 3.02. The summed E-state index contributed by atoms with van der Waals surface area (Å²) in [6.45, 7) is 0.982. The minimum Gasteiger partial charge on any atom is -0.333 e. The highest BCUT2D eigenvalue weighted by atomic mass is 32.1. The summed E-state index contributed by atoms with van der Waals surface area (Å²) in [6, 6.07) is 19.4. The van der Waals surface area contributed by atoms with E-state index in [1.54, 1.807) is 0 Å². The molecule has 2 rings (SSSR count). The maximum Gasteiger partial charge on any atom is 0.327 e. The van der Waals surface area contributed by atoms with Crippen LogP contribution in [-0.2, 0) is 13.1 Å². The molecule has 0 saturated heterocycles. The monoisotopic (exact) mass is 272 g/mol.